The summed E-state index contributed by atoms with van der Waals surface area (Å²) in [6, 6.07) is 11.2. The fourth-order valence-corrected chi connectivity index (χ4v) is 1.95. The third-order valence-corrected chi connectivity index (χ3v) is 3.03. The monoisotopic (exact) mass is 289 g/mol. The van der Waals surface area contributed by atoms with Crippen molar-refractivity contribution in [3.05, 3.63) is 42.0 Å². The van der Waals surface area contributed by atoms with E-state index >= 15 is 0 Å². The van der Waals surface area contributed by atoms with Gasteiger partial charge in [-0.3, -0.25) is 0 Å². The lowest BCUT2D eigenvalue weighted by Crippen LogP contribution is -2.13. The summed E-state index contributed by atoms with van der Waals surface area (Å²) in [5.74, 6) is -0.436. The largest absolute Gasteiger partial charge is 0.460 e. The third kappa shape index (κ3) is 4.18. The van der Waals surface area contributed by atoms with Crippen molar-refractivity contribution in [3.8, 4) is 0 Å². The van der Waals surface area contributed by atoms with Crippen LogP contribution in [0, 0.1) is 0 Å². The molecule has 112 valence electrons. The number of rotatable bonds is 7. The fraction of sp³-hybridized carbons (Fsp3) is 0.312. The molecule has 2 N–H and O–H groups in total. The highest BCUT2D eigenvalue weighted by Crippen LogP contribution is 2.22. The Morgan fingerprint density at radius 2 is 1.71 bits per heavy atom. The molecule has 0 amide bonds. The van der Waals surface area contributed by atoms with Gasteiger partial charge in [-0.1, -0.05) is 24.3 Å². The second kappa shape index (κ2) is 7.61. The first-order chi connectivity index (χ1) is 10.2. The molecule has 2 rings (SSSR count). The summed E-state index contributed by atoms with van der Waals surface area (Å²) < 4.78 is 15.2. The van der Waals surface area contributed by atoms with Crippen LogP contribution >= 0.6 is 0 Å². The van der Waals surface area contributed by atoms with Gasteiger partial charge < -0.3 is 19.9 Å². The van der Waals surface area contributed by atoms with E-state index in [0.29, 0.717) is 31.1 Å². The number of anilines is 1. The van der Waals surface area contributed by atoms with E-state index in [0.717, 1.165) is 10.8 Å². The molecule has 21 heavy (non-hydrogen) atoms. The Kier molecular flexibility index (Phi) is 5.54. The minimum atomic E-state index is -0.436. The molecule has 0 aromatic heterocycles. The molecule has 5 heteroatoms. The lowest BCUT2D eigenvalue weighted by molar-refractivity contribution is 0.0214. The van der Waals surface area contributed by atoms with Gasteiger partial charge in [-0.2, -0.15) is 0 Å². The van der Waals surface area contributed by atoms with Crippen molar-refractivity contribution in [2.75, 3.05) is 39.3 Å². The summed E-state index contributed by atoms with van der Waals surface area (Å²) >= 11 is 0. The average molecular weight is 289 g/mol. The van der Waals surface area contributed by atoms with E-state index in [2.05, 4.69) is 0 Å². The van der Waals surface area contributed by atoms with Crippen molar-refractivity contribution >= 4 is 22.4 Å². The molecule has 0 atom stereocenters. The number of hydrogen-bond acceptors (Lipinski definition) is 5. The number of carbonyl (C=O) groups is 1. The maximum atomic E-state index is 12.0. The fourth-order valence-electron chi connectivity index (χ4n) is 1.95. The molecule has 5 nitrogen and oxygen atoms in total. The first kappa shape index (κ1) is 15.3. The van der Waals surface area contributed by atoms with Crippen LogP contribution in [0.5, 0.6) is 0 Å². The maximum absolute atomic E-state index is 12.0. The number of methoxy groups -OCH3 is 1. The Bertz CT molecular complexity index is 612. The Morgan fingerprint density at radius 3 is 2.43 bits per heavy atom. The molecular formula is C16H19NO4. The van der Waals surface area contributed by atoms with Gasteiger partial charge in [0.15, 0.2) is 0 Å². The lowest BCUT2D eigenvalue weighted by Gasteiger charge is -2.09. The molecule has 0 saturated heterocycles. The Balaban J connectivity index is 1.94. The zero-order valence-corrected chi connectivity index (χ0v) is 12.0. The van der Waals surface area contributed by atoms with Gasteiger partial charge in [0, 0.05) is 12.8 Å². The first-order valence-electron chi connectivity index (χ1n) is 6.74. The molecule has 0 aliphatic carbocycles. The molecule has 0 unspecified atom stereocenters. The standard InChI is InChI=1S/C16H19NO4/c1-19-6-7-20-8-9-21-16(18)14-10-12-4-2-3-5-13(12)11-15(14)17/h2-5,10-11H,6-9,17H2,1H3. The SMILES string of the molecule is COCCOCCOC(=O)c1cc2ccccc2cc1N. The number of nitrogens with two attached hydrogens (primary N) is 1. The highest BCUT2D eigenvalue weighted by atomic mass is 16.6. The molecule has 0 spiro atoms. The van der Waals surface area contributed by atoms with Gasteiger partial charge in [-0.05, 0) is 22.9 Å². The van der Waals surface area contributed by atoms with Crippen LogP contribution in [0.25, 0.3) is 10.8 Å². The summed E-state index contributed by atoms with van der Waals surface area (Å²) in [7, 11) is 1.60. The van der Waals surface area contributed by atoms with E-state index < -0.39 is 5.97 Å². The number of esters is 1. The molecule has 0 fully saturated rings. The number of fused-ring (bicyclic) bond motifs is 1. The average Bonchev–Trinajstić information content (AvgIpc) is 2.49. The van der Waals surface area contributed by atoms with Gasteiger partial charge in [0.2, 0.25) is 0 Å². The Labute approximate surface area is 123 Å². The van der Waals surface area contributed by atoms with Crippen molar-refractivity contribution in [2.24, 2.45) is 0 Å². The molecule has 0 saturated carbocycles. The van der Waals surface area contributed by atoms with Gasteiger partial charge >= 0.3 is 5.97 Å². The summed E-state index contributed by atoms with van der Waals surface area (Å²) in [5.41, 5.74) is 6.70. The van der Waals surface area contributed by atoms with Crippen molar-refractivity contribution in [2.45, 2.75) is 0 Å². The van der Waals surface area contributed by atoms with Crippen molar-refractivity contribution in [3.63, 3.8) is 0 Å². The third-order valence-electron chi connectivity index (χ3n) is 3.03. The van der Waals surface area contributed by atoms with E-state index in [4.69, 9.17) is 19.9 Å². The van der Waals surface area contributed by atoms with E-state index in [1.165, 1.54) is 0 Å². The van der Waals surface area contributed by atoms with Crippen LogP contribution in [0.15, 0.2) is 36.4 Å². The highest BCUT2D eigenvalue weighted by Gasteiger charge is 2.12. The predicted octanol–water partition coefficient (Wildman–Crippen LogP) is 2.24. The second-order valence-electron chi connectivity index (χ2n) is 4.53. The van der Waals surface area contributed by atoms with Crippen molar-refractivity contribution in [1.29, 1.82) is 0 Å². The van der Waals surface area contributed by atoms with E-state index in [1.807, 2.05) is 24.3 Å². The van der Waals surface area contributed by atoms with E-state index in [-0.39, 0.29) is 6.61 Å². The summed E-state index contributed by atoms with van der Waals surface area (Å²) in [6.45, 7) is 1.52. The molecule has 2 aromatic rings. The van der Waals surface area contributed by atoms with Crippen LogP contribution in [0.3, 0.4) is 0 Å². The topological polar surface area (TPSA) is 70.8 Å². The zero-order valence-electron chi connectivity index (χ0n) is 12.0. The minimum Gasteiger partial charge on any atom is -0.460 e. The molecule has 0 bridgehead atoms. The quantitative estimate of drug-likeness (QED) is 0.481. The molecular weight excluding hydrogens is 270 g/mol. The number of nitrogen functional groups attached to an aromatic ring is 1. The van der Waals surface area contributed by atoms with Crippen LogP contribution in [0.2, 0.25) is 0 Å². The zero-order chi connectivity index (χ0) is 15.1. The maximum Gasteiger partial charge on any atom is 0.340 e. The summed E-state index contributed by atoms with van der Waals surface area (Å²) in [5, 5.41) is 1.95. The molecule has 0 aliphatic heterocycles. The van der Waals surface area contributed by atoms with Gasteiger partial charge in [0.25, 0.3) is 0 Å². The number of benzene rings is 2. The van der Waals surface area contributed by atoms with Gasteiger partial charge in [-0.15, -0.1) is 0 Å². The van der Waals surface area contributed by atoms with Gasteiger partial charge in [-0.25, -0.2) is 4.79 Å². The molecule has 2 aromatic carbocycles. The van der Waals surface area contributed by atoms with Crippen LogP contribution in [-0.2, 0) is 14.2 Å². The second-order valence-corrected chi connectivity index (χ2v) is 4.53. The first-order valence-corrected chi connectivity index (χ1v) is 6.74. The van der Waals surface area contributed by atoms with Crippen LogP contribution in [0.4, 0.5) is 5.69 Å². The van der Waals surface area contributed by atoms with Gasteiger partial charge in [0.05, 0.1) is 25.4 Å². The number of carbonyl (C=O) groups excluding carboxylic acids is 1. The Morgan fingerprint density at radius 1 is 1.05 bits per heavy atom. The van der Waals surface area contributed by atoms with Crippen LogP contribution < -0.4 is 5.73 Å². The van der Waals surface area contributed by atoms with Crippen LogP contribution in [0.1, 0.15) is 10.4 Å². The number of hydrogen-bond donors (Lipinski definition) is 1. The number of ether oxygens (including phenoxy) is 3. The summed E-state index contributed by atoms with van der Waals surface area (Å²) in [6.07, 6.45) is 0. The van der Waals surface area contributed by atoms with Crippen molar-refractivity contribution in [1.82, 2.24) is 0 Å². The van der Waals surface area contributed by atoms with Crippen molar-refractivity contribution < 1.29 is 19.0 Å². The smallest absolute Gasteiger partial charge is 0.340 e. The molecule has 0 heterocycles. The van der Waals surface area contributed by atoms with Crippen LogP contribution in [-0.4, -0.2) is 39.5 Å². The molecule has 0 aliphatic rings. The van der Waals surface area contributed by atoms with E-state index in [1.54, 1.807) is 19.2 Å². The lowest BCUT2D eigenvalue weighted by atomic mass is 10.1. The van der Waals surface area contributed by atoms with Gasteiger partial charge in [0.1, 0.15) is 6.61 Å². The van der Waals surface area contributed by atoms with E-state index in [9.17, 15) is 4.79 Å². The minimum absolute atomic E-state index is 0.189. The molecule has 0 radical (unpaired) electrons. The Hall–Kier alpha value is -2.11. The normalized spacial score (nSPS) is 10.7. The predicted molar refractivity (Wildman–Crippen MR) is 81.3 cm³/mol. The summed E-state index contributed by atoms with van der Waals surface area (Å²) in [4.78, 5) is 12.0. The highest BCUT2D eigenvalue weighted by molar-refractivity contribution is 6.01.